The van der Waals surface area contributed by atoms with E-state index >= 15 is 0 Å². The zero-order valence-electron chi connectivity index (χ0n) is 18.0. The molecule has 0 spiro atoms. The number of carbonyl (C=O) groups excluding carboxylic acids is 1. The molecule has 3 rings (SSSR count). The van der Waals surface area contributed by atoms with Gasteiger partial charge in [-0.25, -0.2) is 0 Å². The summed E-state index contributed by atoms with van der Waals surface area (Å²) >= 11 is 0. The van der Waals surface area contributed by atoms with E-state index in [1.807, 2.05) is 34.6 Å². The highest BCUT2D eigenvalue weighted by Gasteiger charge is 2.69. The largest absolute Gasteiger partial charge is 0.484 e. The zero-order chi connectivity index (χ0) is 22.5. The van der Waals surface area contributed by atoms with E-state index < -0.39 is 30.3 Å². The minimum absolute atomic E-state index is 0.0165. The predicted octanol–water partition coefficient (Wildman–Crippen LogP) is 4.59. The first-order valence-corrected chi connectivity index (χ1v) is 10.1. The Morgan fingerprint density at radius 3 is 2.50 bits per heavy atom. The molecule has 0 saturated heterocycles. The molecule has 1 N–H and O–H groups in total. The molecule has 0 radical (unpaired) electrons. The third-order valence-corrected chi connectivity index (χ3v) is 6.43. The monoisotopic (exact) mass is 426 g/mol. The third kappa shape index (κ3) is 3.94. The van der Waals surface area contributed by atoms with Crippen molar-refractivity contribution < 1.29 is 27.8 Å². The molecule has 1 saturated carbocycles. The van der Waals surface area contributed by atoms with Gasteiger partial charge in [0, 0.05) is 5.71 Å². The second-order valence-corrected chi connectivity index (χ2v) is 9.45. The lowest BCUT2D eigenvalue weighted by Gasteiger charge is -2.42. The molecular formula is C22H29F3N2O3. The molecule has 1 heterocycles. The maximum atomic E-state index is 14.1. The molecule has 5 nitrogen and oxygen atoms in total. The Morgan fingerprint density at radius 2 is 1.93 bits per heavy atom. The maximum Gasteiger partial charge on any atom is 0.439 e. The van der Waals surface area contributed by atoms with Crippen LogP contribution in [0.1, 0.15) is 51.2 Å². The van der Waals surface area contributed by atoms with Gasteiger partial charge in [-0.1, -0.05) is 26.8 Å². The average molecular weight is 426 g/mol. The number of hydrogen-bond donors (Lipinski definition) is 1. The molecule has 166 valence electrons. The summed E-state index contributed by atoms with van der Waals surface area (Å²) in [6.07, 6.45) is -3.92. The fourth-order valence-electron chi connectivity index (χ4n) is 4.26. The number of aryl methyl sites for hydroxylation is 2. The van der Waals surface area contributed by atoms with Crippen molar-refractivity contribution >= 4 is 11.6 Å². The van der Waals surface area contributed by atoms with Crippen LogP contribution >= 0.6 is 0 Å². The van der Waals surface area contributed by atoms with Crippen LogP contribution in [-0.2, 0) is 4.79 Å². The van der Waals surface area contributed by atoms with Crippen LogP contribution in [0.4, 0.5) is 13.2 Å². The molecule has 0 unspecified atom stereocenters. The Bertz CT molecular complexity index is 860. The zero-order valence-corrected chi connectivity index (χ0v) is 18.0. The van der Waals surface area contributed by atoms with Crippen LogP contribution in [0.2, 0.25) is 0 Å². The van der Waals surface area contributed by atoms with E-state index in [-0.39, 0.29) is 28.5 Å². The molecule has 1 aromatic carbocycles. The van der Waals surface area contributed by atoms with Gasteiger partial charge in [-0.05, 0) is 67.7 Å². The van der Waals surface area contributed by atoms with Crippen LogP contribution in [0.25, 0.3) is 0 Å². The lowest BCUT2D eigenvalue weighted by Crippen LogP contribution is -2.62. The number of hydrogen-bond acceptors (Lipinski definition) is 4. The fourth-order valence-corrected chi connectivity index (χ4v) is 4.26. The van der Waals surface area contributed by atoms with Crippen molar-refractivity contribution in [2.45, 2.75) is 65.8 Å². The summed E-state index contributed by atoms with van der Waals surface area (Å²) in [7, 11) is 0. The van der Waals surface area contributed by atoms with Gasteiger partial charge >= 0.3 is 6.18 Å². The van der Waals surface area contributed by atoms with E-state index in [4.69, 9.17) is 4.74 Å². The SMILES string of the molecule is Cc1ccc(OCC(=O)N2N=C3CC[C@H](C(C)(C)C)C[C@@H]3[C@@]2(O)C(F)(F)F)cc1C. The van der Waals surface area contributed by atoms with Crippen LogP contribution in [-0.4, -0.2) is 40.2 Å². The van der Waals surface area contributed by atoms with Gasteiger partial charge in [0.25, 0.3) is 11.6 Å². The van der Waals surface area contributed by atoms with Crippen molar-refractivity contribution in [3.8, 4) is 5.75 Å². The summed E-state index contributed by atoms with van der Waals surface area (Å²) in [6.45, 7) is 9.06. The van der Waals surface area contributed by atoms with Crippen LogP contribution in [0.5, 0.6) is 5.75 Å². The molecule has 1 aliphatic heterocycles. The van der Waals surface area contributed by atoms with Crippen molar-refractivity contribution in [3.05, 3.63) is 29.3 Å². The number of halogens is 3. The van der Waals surface area contributed by atoms with Crippen LogP contribution in [0, 0.1) is 31.1 Å². The molecule has 0 bridgehead atoms. The van der Waals surface area contributed by atoms with E-state index in [9.17, 15) is 23.1 Å². The third-order valence-electron chi connectivity index (χ3n) is 6.43. The molecule has 30 heavy (non-hydrogen) atoms. The average Bonchev–Trinajstić information content (AvgIpc) is 2.95. The normalized spacial score (nSPS) is 27.0. The van der Waals surface area contributed by atoms with Crippen LogP contribution in [0.3, 0.4) is 0 Å². The Balaban J connectivity index is 1.83. The van der Waals surface area contributed by atoms with Gasteiger partial charge < -0.3 is 9.84 Å². The van der Waals surface area contributed by atoms with E-state index in [0.717, 1.165) is 11.1 Å². The quantitative estimate of drug-likeness (QED) is 0.769. The number of aliphatic hydroxyl groups is 1. The van der Waals surface area contributed by atoms with Gasteiger partial charge in [-0.3, -0.25) is 4.79 Å². The summed E-state index contributed by atoms with van der Waals surface area (Å²) in [6, 6.07) is 5.16. The predicted molar refractivity (Wildman–Crippen MR) is 107 cm³/mol. The number of benzene rings is 1. The Kier molecular flexibility index (Phi) is 5.69. The number of rotatable bonds is 3. The molecule has 2 aliphatic rings. The minimum Gasteiger partial charge on any atom is -0.484 e. The highest BCUT2D eigenvalue weighted by Crippen LogP contribution is 2.51. The van der Waals surface area contributed by atoms with Gasteiger partial charge in [0.05, 0.1) is 5.92 Å². The Hall–Kier alpha value is -2.09. The van der Waals surface area contributed by atoms with Crippen molar-refractivity contribution in [2.75, 3.05) is 6.61 Å². The number of nitrogens with zero attached hydrogens (tertiary/aromatic N) is 2. The smallest absolute Gasteiger partial charge is 0.439 e. The maximum absolute atomic E-state index is 14.1. The number of alkyl halides is 3. The summed E-state index contributed by atoms with van der Waals surface area (Å²) in [5.74, 6) is -1.93. The highest BCUT2D eigenvalue weighted by molar-refractivity contribution is 5.93. The van der Waals surface area contributed by atoms with Gasteiger partial charge in [0.1, 0.15) is 5.75 Å². The van der Waals surface area contributed by atoms with Gasteiger partial charge in [-0.15, -0.1) is 0 Å². The molecular weight excluding hydrogens is 397 g/mol. The second kappa shape index (κ2) is 7.55. The summed E-state index contributed by atoms with van der Waals surface area (Å²) in [4.78, 5) is 12.7. The fraction of sp³-hybridized carbons (Fsp3) is 0.636. The lowest BCUT2D eigenvalue weighted by atomic mass is 9.66. The molecule has 1 fully saturated rings. The Labute approximate surface area is 174 Å². The first kappa shape index (κ1) is 22.6. The second-order valence-electron chi connectivity index (χ2n) is 9.45. The topological polar surface area (TPSA) is 62.1 Å². The molecule has 3 atom stereocenters. The van der Waals surface area contributed by atoms with Gasteiger partial charge in [0.15, 0.2) is 6.61 Å². The van der Waals surface area contributed by atoms with Crippen molar-refractivity contribution in [1.29, 1.82) is 0 Å². The van der Waals surface area contributed by atoms with E-state index in [0.29, 0.717) is 18.6 Å². The highest BCUT2D eigenvalue weighted by atomic mass is 19.4. The number of fused-ring (bicyclic) bond motifs is 1. The standard InChI is InChI=1S/C22H29F3N2O3/c1-13-6-8-16(10-14(13)2)30-12-19(28)27-21(29,22(23,24)25)17-11-15(20(3,4)5)7-9-18(17)26-27/h6,8,10,15,17,29H,7,9,11-12H2,1-5H3/t15-,17-,21+/m0/s1. The van der Waals surface area contributed by atoms with E-state index in [1.54, 1.807) is 18.2 Å². The van der Waals surface area contributed by atoms with Gasteiger partial charge in [-0.2, -0.15) is 23.3 Å². The number of ether oxygens (including phenoxy) is 1. The molecule has 1 aliphatic carbocycles. The van der Waals surface area contributed by atoms with E-state index in [2.05, 4.69) is 5.10 Å². The first-order valence-electron chi connectivity index (χ1n) is 10.1. The van der Waals surface area contributed by atoms with Crippen molar-refractivity contribution in [3.63, 3.8) is 0 Å². The molecule has 1 amide bonds. The number of amides is 1. The first-order chi connectivity index (χ1) is 13.7. The van der Waals surface area contributed by atoms with Gasteiger partial charge in [0.2, 0.25) is 0 Å². The van der Waals surface area contributed by atoms with E-state index in [1.165, 1.54) is 0 Å². The summed E-state index contributed by atoms with van der Waals surface area (Å²) in [5, 5.41) is 15.0. The number of carbonyl (C=O) groups is 1. The Morgan fingerprint density at radius 1 is 1.27 bits per heavy atom. The molecule has 1 aromatic rings. The lowest BCUT2D eigenvalue weighted by molar-refractivity contribution is -0.318. The van der Waals surface area contributed by atoms with Crippen LogP contribution in [0.15, 0.2) is 23.3 Å². The summed E-state index contributed by atoms with van der Waals surface area (Å²) < 4.78 is 47.6. The molecule has 8 heteroatoms. The summed E-state index contributed by atoms with van der Waals surface area (Å²) in [5.41, 5.74) is -1.36. The van der Waals surface area contributed by atoms with Crippen molar-refractivity contribution in [2.24, 2.45) is 22.4 Å². The van der Waals surface area contributed by atoms with Crippen molar-refractivity contribution in [1.82, 2.24) is 5.01 Å². The van der Waals surface area contributed by atoms with Crippen LogP contribution < -0.4 is 4.74 Å². The number of hydrazone groups is 1. The minimum atomic E-state index is -5.04. The molecule has 0 aromatic heterocycles.